The van der Waals surface area contributed by atoms with Gasteiger partial charge in [0.1, 0.15) is 17.0 Å². The number of benzene rings is 1. The van der Waals surface area contributed by atoms with Crippen LogP contribution in [0.5, 0.6) is 11.5 Å². The Bertz CT molecular complexity index is 1040. The molecule has 0 atom stereocenters. The Morgan fingerprint density at radius 3 is 2.62 bits per heavy atom. The third-order valence-corrected chi connectivity index (χ3v) is 4.71. The largest absolute Gasteiger partial charge is 0.493 e. The molecular weight excluding hydrogens is 352 g/mol. The van der Waals surface area contributed by atoms with Crippen molar-refractivity contribution >= 4 is 27.9 Å². The molecule has 0 aliphatic heterocycles. The van der Waals surface area contributed by atoms with E-state index in [-0.39, 0.29) is 5.56 Å². The van der Waals surface area contributed by atoms with Crippen molar-refractivity contribution in [3.8, 4) is 22.6 Å². The predicted molar refractivity (Wildman–Crippen MR) is 105 cm³/mol. The maximum atomic E-state index is 13.0. The first-order valence-corrected chi connectivity index (χ1v) is 8.78. The van der Waals surface area contributed by atoms with E-state index in [0.29, 0.717) is 27.5 Å². The maximum absolute atomic E-state index is 13.0. The highest BCUT2D eigenvalue weighted by Gasteiger charge is 2.16. The molecule has 1 aromatic carbocycles. The van der Waals surface area contributed by atoms with Gasteiger partial charge in [0.15, 0.2) is 11.5 Å². The molecule has 3 rings (SSSR count). The second-order valence-electron chi connectivity index (χ2n) is 5.87. The summed E-state index contributed by atoms with van der Waals surface area (Å²) >= 11 is 1.43. The van der Waals surface area contributed by atoms with Crippen LogP contribution in [0.4, 0.5) is 0 Å². The quantitative estimate of drug-likeness (QED) is 0.509. The van der Waals surface area contributed by atoms with E-state index in [1.165, 1.54) is 16.0 Å². The molecule has 3 aromatic rings. The monoisotopic (exact) mass is 372 g/mol. The predicted octanol–water partition coefficient (Wildman–Crippen LogP) is 2.80. The van der Waals surface area contributed by atoms with Crippen LogP contribution >= 0.6 is 11.3 Å². The zero-order valence-electron chi connectivity index (χ0n) is 15.3. The van der Waals surface area contributed by atoms with Crippen LogP contribution in [0.1, 0.15) is 5.82 Å². The molecule has 0 bridgehead atoms. The molecule has 0 aliphatic carbocycles. The summed E-state index contributed by atoms with van der Waals surface area (Å²) in [5.74, 6) is 1.79. The van der Waals surface area contributed by atoms with Crippen LogP contribution in [0.3, 0.4) is 0 Å². The van der Waals surface area contributed by atoms with Crippen molar-refractivity contribution in [3.63, 3.8) is 0 Å². The lowest BCUT2D eigenvalue weighted by Gasteiger charge is -2.10. The number of ether oxygens (including phenoxy) is 2. The Labute approximate surface area is 155 Å². The smallest absolute Gasteiger partial charge is 0.283 e. The highest BCUT2D eigenvalue weighted by atomic mass is 32.1. The molecule has 0 saturated carbocycles. The van der Waals surface area contributed by atoms with Crippen molar-refractivity contribution in [1.29, 1.82) is 0 Å². The topological polar surface area (TPSA) is 69.0 Å². The van der Waals surface area contributed by atoms with Gasteiger partial charge in [0.2, 0.25) is 0 Å². The van der Waals surface area contributed by atoms with Crippen molar-refractivity contribution in [2.24, 2.45) is 5.10 Å². The lowest BCUT2D eigenvalue weighted by atomic mass is 10.1. The number of aromatic nitrogens is 2. The maximum Gasteiger partial charge on any atom is 0.283 e. The minimum Gasteiger partial charge on any atom is -0.493 e. The van der Waals surface area contributed by atoms with Crippen molar-refractivity contribution < 1.29 is 9.47 Å². The summed E-state index contributed by atoms with van der Waals surface area (Å²) < 4.78 is 12.0. The van der Waals surface area contributed by atoms with Gasteiger partial charge in [0, 0.05) is 25.0 Å². The Morgan fingerprint density at radius 2 is 1.96 bits per heavy atom. The number of aryl methyl sites for hydroxylation is 1. The molecule has 0 unspecified atom stereocenters. The second-order valence-corrected chi connectivity index (χ2v) is 6.73. The number of hydrogen-bond donors (Lipinski definition) is 0. The third kappa shape index (κ3) is 3.15. The fraction of sp³-hybridized carbons (Fsp3) is 0.278. The van der Waals surface area contributed by atoms with E-state index in [1.807, 2.05) is 37.7 Å². The van der Waals surface area contributed by atoms with E-state index in [9.17, 15) is 4.79 Å². The third-order valence-electron chi connectivity index (χ3n) is 3.84. The van der Waals surface area contributed by atoms with Crippen molar-refractivity contribution in [2.45, 2.75) is 6.92 Å². The first-order valence-electron chi connectivity index (χ1n) is 7.90. The molecule has 7 nitrogen and oxygen atoms in total. The summed E-state index contributed by atoms with van der Waals surface area (Å²) in [6.07, 6.45) is 1.57. The Balaban J connectivity index is 2.22. The van der Waals surface area contributed by atoms with Crippen LogP contribution in [0.25, 0.3) is 21.3 Å². The second kappa shape index (κ2) is 7.17. The molecule has 2 aromatic heterocycles. The van der Waals surface area contributed by atoms with Gasteiger partial charge in [-0.2, -0.15) is 9.78 Å². The molecular formula is C18H20N4O3S. The Morgan fingerprint density at radius 1 is 1.23 bits per heavy atom. The van der Waals surface area contributed by atoms with Gasteiger partial charge in [-0.3, -0.25) is 4.79 Å². The van der Waals surface area contributed by atoms with Crippen LogP contribution in [0.2, 0.25) is 0 Å². The molecule has 0 N–H and O–H groups in total. The van der Waals surface area contributed by atoms with Crippen LogP contribution in [0.15, 0.2) is 33.5 Å². The summed E-state index contributed by atoms with van der Waals surface area (Å²) in [5, 5.41) is 6.71. The fourth-order valence-corrected chi connectivity index (χ4v) is 3.57. The van der Waals surface area contributed by atoms with Gasteiger partial charge in [-0.05, 0) is 24.6 Å². The number of thiophene rings is 1. The molecule has 8 heteroatoms. The van der Waals surface area contributed by atoms with E-state index in [0.717, 1.165) is 11.1 Å². The van der Waals surface area contributed by atoms with E-state index in [1.54, 1.807) is 32.4 Å². The molecule has 26 heavy (non-hydrogen) atoms. The molecule has 0 aliphatic rings. The van der Waals surface area contributed by atoms with Gasteiger partial charge in [-0.1, -0.05) is 6.07 Å². The molecule has 0 radical (unpaired) electrons. The van der Waals surface area contributed by atoms with Crippen molar-refractivity contribution in [1.82, 2.24) is 14.6 Å². The summed E-state index contributed by atoms with van der Waals surface area (Å²) in [6.45, 7) is 1.77. The average molecular weight is 372 g/mol. The van der Waals surface area contributed by atoms with Gasteiger partial charge < -0.3 is 14.4 Å². The highest BCUT2D eigenvalue weighted by molar-refractivity contribution is 7.17. The molecule has 2 heterocycles. The van der Waals surface area contributed by atoms with Gasteiger partial charge >= 0.3 is 0 Å². The minimum atomic E-state index is -0.198. The number of hydrogen-bond acceptors (Lipinski definition) is 6. The van der Waals surface area contributed by atoms with Gasteiger partial charge in [0.25, 0.3) is 5.56 Å². The fourth-order valence-electron chi connectivity index (χ4n) is 2.59. The summed E-state index contributed by atoms with van der Waals surface area (Å²) in [7, 11) is 6.86. The molecule has 0 amide bonds. The van der Waals surface area contributed by atoms with Crippen LogP contribution < -0.4 is 15.0 Å². The minimum absolute atomic E-state index is 0.198. The lowest BCUT2D eigenvalue weighted by Crippen LogP contribution is -2.22. The SMILES string of the molecule is COc1ccc(-c2csc3nc(C)n(N=CN(C)C)c(=O)c23)cc1OC. The Hall–Kier alpha value is -2.87. The number of fused-ring (bicyclic) bond motifs is 1. The zero-order valence-corrected chi connectivity index (χ0v) is 16.1. The van der Waals surface area contributed by atoms with Crippen LogP contribution in [0, 0.1) is 6.92 Å². The Kier molecular flexibility index (Phi) is 4.94. The normalized spacial score (nSPS) is 11.3. The van der Waals surface area contributed by atoms with Crippen LogP contribution in [-0.2, 0) is 0 Å². The van der Waals surface area contributed by atoms with Gasteiger partial charge in [-0.25, -0.2) is 4.98 Å². The highest BCUT2D eigenvalue weighted by Crippen LogP contribution is 2.36. The van der Waals surface area contributed by atoms with Gasteiger partial charge in [0.05, 0.1) is 19.6 Å². The number of rotatable bonds is 5. The van der Waals surface area contributed by atoms with Crippen molar-refractivity contribution in [3.05, 3.63) is 39.8 Å². The van der Waals surface area contributed by atoms with Crippen molar-refractivity contribution in [2.75, 3.05) is 28.3 Å². The molecule has 0 fully saturated rings. The van der Waals surface area contributed by atoms with E-state index < -0.39 is 0 Å². The standard InChI is InChI=1S/C18H20N4O3S/c1-11-20-17-16(18(23)22(11)19-10-21(2)3)13(9-26-17)12-6-7-14(24-4)15(8-12)25-5/h6-10H,1-5H3. The molecule has 136 valence electrons. The summed E-state index contributed by atoms with van der Waals surface area (Å²) in [5.41, 5.74) is 1.47. The lowest BCUT2D eigenvalue weighted by molar-refractivity contribution is 0.355. The number of methoxy groups -OCH3 is 2. The average Bonchev–Trinajstić information content (AvgIpc) is 3.04. The first-order chi connectivity index (χ1) is 12.5. The first kappa shape index (κ1) is 17.9. The van der Waals surface area contributed by atoms with Crippen LogP contribution in [-0.4, -0.2) is 49.2 Å². The summed E-state index contributed by atoms with van der Waals surface area (Å²) in [6, 6.07) is 5.57. The number of nitrogens with zero attached hydrogens (tertiary/aromatic N) is 4. The van der Waals surface area contributed by atoms with E-state index in [4.69, 9.17) is 9.47 Å². The van der Waals surface area contributed by atoms with E-state index >= 15 is 0 Å². The summed E-state index contributed by atoms with van der Waals surface area (Å²) in [4.78, 5) is 20.0. The molecule has 0 spiro atoms. The van der Waals surface area contributed by atoms with Gasteiger partial charge in [-0.15, -0.1) is 11.3 Å². The zero-order chi connectivity index (χ0) is 18.8. The molecule has 0 saturated heterocycles. The van der Waals surface area contributed by atoms with E-state index in [2.05, 4.69) is 10.1 Å².